The van der Waals surface area contributed by atoms with E-state index in [0.29, 0.717) is 0 Å². The molecular weight excluding hydrogens is 274 g/mol. The number of aryl methyl sites for hydroxylation is 1. The number of nitrogens with zero attached hydrogens (tertiary/aromatic N) is 4. The van der Waals surface area contributed by atoms with Gasteiger partial charge in [-0.2, -0.15) is 0 Å². The SMILES string of the molecule is COc1ccc(Nc2nc(-c3cnnn3C)cs2)cc1. The molecule has 0 amide bonds. The van der Waals surface area contributed by atoms with Crippen molar-refractivity contribution in [1.29, 1.82) is 0 Å². The van der Waals surface area contributed by atoms with Gasteiger partial charge in [0, 0.05) is 18.1 Å². The lowest BCUT2D eigenvalue weighted by atomic mass is 10.3. The third-order valence-electron chi connectivity index (χ3n) is 2.82. The second kappa shape index (κ2) is 5.30. The number of methoxy groups -OCH3 is 1. The molecule has 2 heterocycles. The molecule has 6 nitrogen and oxygen atoms in total. The summed E-state index contributed by atoms with van der Waals surface area (Å²) in [4.78, 5) is 4.53. The normalized spacial score (nSPS) is 10.5. The summed E-state index contributed by atoms with van der Waals surface area (Å²) >= 11 is 1.54. The molecule has 102 valence electrons. The molecular formula is C13H13N5OS. The second-order valence-corrected chi connectivity index (χ2v) is 4.99. The van der Waals surface area contributed by atoms with Crippen LogP contribution in [0.1, 0.15) is 0 Å². The number of anilines is 2. The molecule has 7 heteroatoms. The Morgan fingerprint density at radius 2 is 2.05 bits per heavy atom. The van der Waals surface area contributed by atoms with Gasteiger partial charge in [-0.25, -0.2) is 9.67 Å². The monoisotopic (exact) mass is 287 g/mol. The van der Waals surface area contributed by atoms with Crippen LogP contribution in [0.15, 0.2) is 35.8 Å². The Kier molecular flexibility index (Phi) is 3.34. The van der Waals surface area contributed by atoms with Crippen molar-refractivity contribution in [1.82, 2.24) is 20.0 Å². The van der Waals surface area contributed by atoms with Crippen LogP contribution in [-0.4, -0.2) is 27.1 Å². The Labute approximate surface area is 120 Å². The molecule has 0 saturated carbocycles. The van der Waals surface area contributed by atoms with E-state index in [0.717, 1.165) is 28.0 Å². The Morgan fingerprint density at radius 3 is 2.70 bits per heavy atom. The quantitative estimate of drug-likeness (QED) is 0.799. The van der Waals surface area contributed by atoms with Gasteiger partial charge in [-0.1, -0.05) is 5.21 Å². The number of hydrogen-bond acceptors (Lipinski definition) is 6. The zero-order chi connectivity index (χ0) is 13.9. The minimum Gasteiger partial charge on any atom is -0.497 e. The van der Waals surface area contributed by atoms with Crippen LogP contribution in [0.25, 0.3) is 11.4 Å². The molecule has 0 saturated heterocycles. The van der Waals surface area contributed by atoms with E-state index in [1.54, 1.807) is 18.0 Å². The maximum atomic E-state index is 5.13. The number of nitrogens with one attached hydrogen (secondary N) is 1. The molecule has 3 rings (SSSR count). The summed E-state index contributed by atoms with van der Waals surface area (Å²) in [6.45, 7) is 0. The van der Waals surface area contributed by atoms with E-state index in [1.807, 2.05) is 36.7 Å². The maximum Gasteiger partial charge on any atom is 0.187 e. The Hall–Kier alpha value is -2.41. The molecule has 0 aliphatic heterocycles. The Morgan fingerprint density at radius 1 is 1.25 bits per heavy atom. The van der Waals surface area contributed by atoms with Crippen LogP contribution in [0.3, 0.4) is 0 Å². The topological polar surface area (TPSA) is 64.9 Å². The summed E-state index contributed by atoms with van der Waals surface area (Å²) in [5, 5.41) is 13.8. The van der Waals surface area contributed by atoms with E-state index in [1.165, 1.54) is 11.3 Å². The third-order valence-corrected chi connectivity index (χ3v) is 3.58. The van der Waals surface area contributed by atoms with E-state index in [2.05, 4.69) is 20.6 Å². The molecule has 0 radical (unpaired) electrons. The lowest BCUT2D eigenvalue weighted by Crippen LogP contribution is -1.94. The van der Waals surface area contributed by atoms with Crippen LogP contribution < -0.4 is 10.1 Å². The molecule has 0 spiro atoms. The summed E-state index contributed by atoms with van der Waals surface area (Å²) in [7, 11) is 3.50. The standard InChI is InChI=1S/C13H13N5OS/c1-18-12(7-14-17-18)11-8-20-13(16-11)15-9-3-5-10(19-2)6-4-9/h3-8H,1-2H3,(H,15,16). The van der Waals surface area contributed by atoms with Crippen LogP contribution >= 0.6 is 11.3 Å². The fourth-order valence-electron chi connectivity index (χ4n) is 1.77. The molecule has 1 aromatic carbocycles. The van der Waals surface area contributed by atoms with Gasteiger partial charge in [0.1, 0.15) is 17.1 Å². The lowest BCUT2D eigenvalue weighted by molar-refractivity contribution is 0.415. The second-order valence-electron chi connectivity index (χ2n) is 4.13. The smallest absolute Gasteiger partial charge is 0.187 e. The van der Waals surface area contributed by atoms with Gasteiger partial charge in [-0.05, 0) is 24.3 Å². The van der Waals surface area contributed by atoms with E-state index in [-0.39, 0.29) is 0 Å². The first-order chi connectivity index (χ1) is 9.76. The molecule has 1 N–H and O–H groups in total. The van der Waals surface area contributed by atoms with Crippen molar-refractivity contribution >= 4 is 22.2 Å². The van der Waals surface area contributed by atoms with Gasteiger partial charge in [0.15, 0.2) is 5.13 Å². The summed E-state index contributed by atoms with van der Waals surface area (Å²) in [5.41, 5.74) is 2.72. The van der Waals surface area contributed by atoms with Gasteiger partial charge in [0.2, 0.25) is 0 Å². The van der Waals surface area contributed by atoms with Crippen LogP contribution in [0.4, 0.5) is 10.8 Å². The van der Waals surface area contributed by atoms with Crippen LogP contribution in [0.2, 0.25) is 0 Å². The van der Waals surface area contributed by atoms with Crippen molar-refractivity contribution in [3.63, 3.8) is 0 Å². The molecule has 0 aliphatic carbocycles. The first kappa shape index (κ1) is 12.6. The van der Waals surface area contributed by atoms with Gasteiger partial charge in [0.25, 0.3) is 0 Å². The first-order valence-electron chi connectivity index (χ1n) is 5.98. The Balaban J connectivity index is 1.78. The van der Waals surface area contributed by atoms with Crippen molar-refractivity contribution in [2.45, 2.75) is 0 Å². The highest BCUT2D eigenvalue weighted by Crippen LogP contribution is 2.27. The molecule has 2 aromatic heterocycles. The zero-order valence-corrected chi connectivity index (χ0v) is 11.9. The zero-order valence-electron chi connectivity index (χ0n) is 11.1. The molecule has 0 bridgehead atoms. The fraction of sp³-hybridized carbons (Fsp3) is 0.154. The van der Waals surface area contributed by atoms with Crippen molar-refractivity contribution < 1.29 is 4.74 Å². The number of rotatable bonds is 4. The summed E-state index contributed by atoms with van der Waals surface area (Å²) in [6.07, 6.45) is 1.70. The minimum atomic E-state index is 0.825. The van der Waals surface area contributed by atoms with E-state index in [4.69, 9.17) is 4.74 Å². The van der Waals surface area contributed by atoms with Crippen molar-refractivity contribution in [3.05, 3.63) is 35.8 Å². The van der Waals surface area contributed by atoms with Gasteiger partial charge < -0.3 is 10.1 Å². The number of thiazole rings is 1. The lowest BCUT2D eigenvalue weighted by Gasteiger charge is -2.03. The predicted octanol–water partition coefficient (Wildman–Crippen LogP) is 2.69. The molecule has 0 fully saturated rings. The molecule has 0 aliphatic rings. The summed E-state index contributed by atoms with van der Waals surface area (Å²) < 4.78 is 6.83. The highest BCUT2D eigenvalue weighted by atomic mass is 32.1. The largest absolute Gasteiger partial charge is 0.497 e. The number of ether oxygens (including phenoxy) is 1. The average Bonchev–Trinajstić information content (AvgIpc) is 3.08. The first-order valence-corrected chi connectivity index (χ1v) is 6.86. The minimum absolute atomic E-state index is 0.825. The molecule has 20 heavy (non-hydrogen) atoms. The third kappa shape index (κ3) is 2.48. The predicted molar refractivity (Wildman–Crippen MR) is 78.4 cm³/mol. The molecule has 0 unspecified atom stereocenters. The average molecular weight is 287 g/mol. The maximum absolute atomic E-state index is 5.13. The van der Waals surface area contributed by atoms with Crippen LogP contribution in [0.5, 0.6) is 5.75 Å². The number of benzene rings is 1. The number of hydrogen-bond donors (Lipinski definition) is 1. The van der Waals surface area contributed by atoms with Gasteiger partial charge >= 0.3 is 0 Å². The van der Waals surface area contributed by atoms with Crippen LogP contribution in [0, 0.1) is 0 Å². The summed E-state index contributed by atoms with van der Waals surface area (Å²) in [5.74, 6) is 0.830. The van der Waals surface area contributed by atoms with Gasteiger partial charge in [-0.15, -0.1) is 16.4 Å². The van der Waals surface area contributed by atoms with Crippen LogP contribution in [-0.2, 0) is 7.05 Å². The summed E-state index contributed by atoms with van der Waals surface area (Å²) in [6, 6.07) is 7.71. The van der Waals surface area contributed by atoms with E-state index in [9.17, 15) is 0 Å². The highest BCUT2D eigenvalue weighted by molar-refractivity contribution is 7.14. The van der Waals surface area contributed by atoms with E-state index < -0.39 is 0 Å². The van der Waals surface area contributed by atoms with Crippen molar-refractivity contribution in [2.75, 3.05) is 12.4 Å². The van der Waals surface area contributed by atoms with Crippen molar-refractivity contribution in [3.8, 4) is 17.1 Å². The molecule has 0 atom stereocenters. The van der Waals surface area contributed by atoms with Gasteiger partial charge in [0.05, 0.1) is 13.3 Å². The van der Waals surface area contributed by atoms with Gasteiger partial charge in [-0.3, -0.25) is 0 Å². The number of aromatic nitrogens is 4. The highest BCUT2D eigenvalue weighted by Gasteiger charge is 2.08. The molecule has 3 aromatic rings. The van der Waals surface area contributed by atoms with E-state index >= 15 is 0 Å². The van der Waals surface area contributed by atoms with Crippen molar-refractivity contribution in [2.24, 2.45) is 7.05 Å². The fourth-order valence-corrected chi connectivity index (χ4v) is 2.49. The Bertz CT molecular complexity index is 704.